The topological polar surface area (TPSA) is 63.4 Å². The fraction of sp³-hybridized carbons (Fsp3) is 0.500. The van der Waals surface area contributed by atoms with Crippen molar-refractivity contribution in [1.29, 1.82) is 0 Å². The van der Waals surface area contributed by atoms with Crippen LogP contribution in [0.25, 0.3) is 0 Å². The van der Waals surface area contributed by atoms with Crippen molar-refractivity contribution < 1.29 is 4.74 Å². The van der Waals surface area contributed by atoms with Crippen molar-refractivity contribution in [3.05, 3.63) is 70.1 Å². The number of ether oxygens (including phenoxy) is 1. The molecule has 0 saturated heterocycles. The van der Waals surface area contributed by atoms with Gasteiger partial charge < -0.3 is 15.8 Å². The lowest BCUT2D eigenvalue weighted by Gasteiger charge is -2.29. The van der Waals surface area contributed by atoms with Gasteiger partial charge in [-0.05, 0) is 69.2 Å². The van der Waals surface area contributed by atoms with Crippen molar-refractivity contribution in [1.82, 2.24) is 15.2 Å². The fourth-order valence-corrected chi connectivity index (χ4v) is 4.52. The lowest BCUT2D eigenvalue weighted by atomic mass is 9.90. The predicted octanol–water partition coefficient (Wildman–Crippen LogP) is 5.59. The number of rotatable bonds is 9. The maximum atomic E-state index is 6.65. The smallest absolute Gasteiger partial charge is 0.218 e. The molecule has 5 nitrogen and oxygen atoms in total. The van der Waals surface area contributed by atoms with Gasteiger partial charge in [-0.2, -0.15) is 0 Å². The van der Waals surface area contributed by atoms with E-state index >= 15 is 0 Å². The Morgan fingerprint density at radius 3 is 2.91 bits per heavy atom. The number of pyridine rings is 1. The number of hydrogen-bond donors (Lipinski definition) is 2. The SMILES string of the molecule is CCN/C=C(\N)CCC(CC)c1ccc(Cl)c(CN2Cc3cccnc3OC(C)(C)C2)c1. The van der Waals surface area contributed by atoms with Crippen LogP contribution in [0.4, 0.5) is 0 Å². The lowest BCUT2D eigenvalue weighted by molar-refractivity contribution is 0.0646. The van der Waals surface area contributed by atoms with Gasteiger partial charge in [0, 0.05) is 54.9 Å². The second kappa shape index (κ2) is 11.1. The van der Waals surface area contributed by atoms with Gasteiger partial charge in [0.15, 0.2) is 0 Å². The first kappa shape index (κ1) is 24.4. The average Bonchev–Trinajstić information content (AvgIpc) is 2.88. The summed E-state index contributed by atoms with van der Waals surface area (Å²) in [4.78, 5) is 6.84. The van der Waals surface area contributed by atoms with E-state index in [1.165, 1.54) is 5.56 Å². The third kappa shape index (κ3) is 6.63. The van der Waals surface area contributed by atoms with Gasteiger partial charge in [-0.15, -0.1) is 0 Å². The minimum Gasteiger partial charge on any atom is -0.470 e. The second-order valence-electron chi connectivity index (χ2n) is 9.25. The summed E-state index contributed by atoms with van der Waals surface area (Å²) in [7, 11) is 0. The molecule has 1 aliphatic heterocycles. The Bertz CT molecular complexity index is 928. The molecule has 1 aromatic heterocycles. The van der Waals surface area contributed by atoms with E-state index in [9.17, 15) is 0 Å². The Labute approximate surface area is 198 Å². The molecule has 1 atom stereocenters. The maximum Gasteiger partial charge on any atom is 0.218 e. The van der Waals surface area contributed by atoms with Gasteiger partial charge in [-0.3, -0.25) is 4.90 Å². The Morgan fingerprint density at radius 1 is 1.34 bits per heavy atom. The Morgan fingerprint density at radius 2 is 2.16 bits per heavy atom. The van der Waals surface area contributed by atoms with Crippen LogP contribution >= 0.6 is 11.6 Å². The molecule has 3 rings (SSSR count). The molecule has 1 aromatic carbocycles. The molecule has 3 N–H and O–H groups in total. The molecule has 2 aromatic rings. The monoisotopic (exact) mass is 456 g/mol. The van der Waals surface area contributed by atoms with Crippen molar-refractivity contribution >= 4 is 11.6 Å². The van der Waals surface area contributed by atoms with Gasteiger partial charge in [0.05, 0.1) is 0 Å². The zero-order valence-corrected chi connectivity index (χ0v) is 20.6. The van der Waals surface area contributed by atoms with Crippen LogP contribution in [-0.4, -0.2) is 28.6 Å². The number of nitrogens with zero attached hydrogens (tertiary/aromatic N) is 2. The van der Waals surface area contributed by atoms with Crippen molar-refractivity contribution in [2.24, 2.45) is 5.73 Å². The molecule has 0 fully saturated rings. The van der Waals surface area contributed by atoms with Crippen LogP contribution in [0.1, 0.15) is 69.6 Å². The van der Waals surface area contributed by atoms with E-state index in [2.05, 4.69) is 61.1 Å². The summed E-state index contributed by atoms with van der Waals surface area (Å²) >= 11 is 6.65. The summed E-state index contributed by atoms with van der Waals surface area (Å²) in [6, 6.07) is 10.5. The number of hydrogen-bond acceptors (Lipinski definition) is 5. The first-order chi connectivity index (χ1) is 15.3. The normalized spacial score (nSPS) is 17.2. The van der Waals surface area contributed by atoms with E-state index in [-0.39, 0.29) is 5.60 Å². The zero-order chi connectivity index (χ0) is 23.1. The summed E-state index contributed by atoms with van der Waals surface area (Å²) in [5.74, 6) is 1.18. The molecule has 1 aliphatic rings. The first-order valence-corrected chi connectivity index (χ1v) is 12.0. The highest BCUT2D eigenvalue weighted by Crippen LogP contribution is 2.32. The number of fused-ring (bicyclic) bond motifs is 1. The van der Waals surface area contributed by atoms with Gasteiger partial charge in [-0.25, -0.2) is 4.98 Å². The molecule has 0 saturated carbocycles. The highest BCUT2D eigenvalue weighted by Gasteiger charge is 2.30. The highest BCUT2D eigenvalue weighted by atomic mass is 35.5. The van der Waals surface area contributed by atoms with Gasteiger partial charge in [0.25, 0.3) is 0 Å². The number of aromatic nitrogens is 1. The molecule has 0 spiro atoms. The van der Waals surface area contributed by atoms with E-state index in [4.69, 9.17) is 22.1 Å². The molecule has 6 heteroatoms. The molecule has 0 amide bonds. The molecule has 2 heterocycles. The van der Waals surface area contributed by atoms with Crippen molar-refractivity contribution in [3.8, 4) is 5.88 Å². The fourth-order valence-electron chi connectivity index (χ4n) is 4.34. The van der Waals surface area contributed by atoms with Crippen molar-refractivity contribution in [2.45, 2.75) is 71.6 Å². The lowest BCUT2D eigenvalue weighted by Crippen LogP contribution is -2.40. The second-order valence-corrected chi connectivity index (χ2v) is 9.65. The highest BCUT2D eigenvalue weighted by molar-refractivity contribution is 6.31. The summed E-state index contributed by atoms with van der Waals surface area (Å²) in [5, 5.41) is 4.00. The van der Waals surface area contributed by atoms with E-state index in [0.29, 0.717) is 5.92 Å². The van der Waals surface area contributed by atoms with E-state index < -0.39 is 0 Å². The summed E-state index contributed by atoms with van der Waals surface area (Å²) < 4.78 is 6.20. The van der Waals surface area contributed by atoms with Crippen molar-refractivity contribution in [2.75, 3.05) is 13.1 Å². The van der Waals surface area contributed by atoms with Crippen LogP contribution in [-0.2, 0) is 13.1 Å². The van der Waals surface area contributed by atoms with Gasteiger partial charge in [0.1, 0.15) is 5.60 Å². The number of nitrogens with one attached hydrogen (secondary N) is 1. The minimum absolute atomic E-state index is 0.327. The zero-order valence-electron chi connectivity index (χ0n) is 19.8. The summed E-state index contributed by atoms with van der Waals surface area (Å²) in [6.45, 7) is 11.8. The van der Waals surface area contributed by atoms with E-state index in [0.717, 1.165) is 73.2 Å². The third-order valence-electron chi connectivity index (χ3n) is 5.92. The third-order valence-corrected chi connectivity index (χ3v) is 6.29. The number of benzene rings is 1. The van der Waals surface area contributed by atoms with E-state index in [1.54, 1.807) is 6.20 Å². The molecule has 0 bridgehead atoms. The maximum absolute atomic E-state index is 6.65. The first-order valence-electron chi connectivity index (χ1n) is 11.6. The van der Waals surface area contributed by atoms with Crippen LogP contribution in [0.15, 0.2) is 48.4 Å². The average molecular weight is 457 g/mol. The molecular formula is C26H37ClN4O. The molecule has 174 valence electrons. The predicted molar refractivity (Wildman–Crippen MR) is 133 cm³/mol. The van der Waals surface area contributed by atoms with Crippen LogP contribution < -0.4 is 15.8 Å². The molecule has 1 unspecified atom stereocenters. The van der Waals surface area contributed by atoms with Crippen molar-refractivity contribution in [3.63, 3.8) is 0 Å². The summed E-state index contributed by atoms with van der Waals surface area (Å²) in [5.41, 5.74) is 10.3. The molecular weight excluding hydrogens is 420 g/mol. The van der Waals surface area contributed by atoms with Crippen LogP contribution in [0.5, 0.6) is 5.88 Å². The minimum atomic E-state index is -0.327. The van der Waals surface area contributed by atoms with Gasteiger partial charge in [0.2, 0.25) is 5.88 Å². The van der Waals surface area contributed by atoms with E-state index in [1.807, 2.05) is 18.3 Å². The van der Waals surface area contributed by atoms with Gasteiger partial charge >= 0.3 is 0 Å². The number of allylic oxidation sites excluding steroid dienone is 1. The summed E-state index contributed by atoms with van der Waals surface area (Å²) in [6.07, 6.45) is 6.69. The van der Waals surface area contributed by atoms with Gasteiger partial charge in [-0.1, -0.05) is 36.7 Å². The molecule has 0 radical (unpaired) electrons. The standard InChI is InChI=1S/C26H37ClN4O/c1-5-19(9-11-23(28)15-29-6-2)20-10-12-24(27)22(14-20)17-31-16-21-8-7-13-30-25(21)32-26(3,4)18-31/h7-8,10,12-15,19,29H,5-6,9,11,16-18,28H2,1-4H3/b23-15-. The molecule has 32 heavy (non-hydrogen) atoms. The van der Waals surface area contributed by atoms with Crippen LogP contribution in [0.2, 0.25) is 5.02 Å². The van der Waals surface area contributed by atoms with Crippen LogP contribution in [0, 0.1) is 0 Å². The Balaban J connectivity index is 1.76. The Kier molecular flexibility index (Phi) is 8.44. The number of nitrogens with two attached hydrogens (primary N) is 1. The molecule has 0 aliphatic carbocycles. The number of halogens is 1. The quantitative estimate of drug-likeness (QED) is 0.514. The van der Waals surface area contributed by atoms with Crippen LogP contribution in [0.3, 0.4) is 0 Å². The largest absolute Gasteiger partial charge is 0.470 e. The Hall–Kier alpha value is -2.24.